The Morgan fingerprint density at radius 2 is 2.05 bits per heavy atom. The lowest BCUT2D eigenvalue weighted by molar-refractivity contribution is -0.118. The first-order valence-electron chi connectivity index (χ1n) is 5.73. The van der Waals surface area contributed by atoms with Crippen molar-refractivity contribution in [3.63, 3.8) is 0 Å². The summed E-state index contributed by atoms with van der Waals surface area (Å²) in [7, 11) is 0. The molecule has 1 aromatic carbocycles. The number of thioether (sulfide) groups is 1. The van der Waals surface area contributed by atoms with Gasteiger partial charge in [0.15, 0.2) is 5.16 Å². The summed E-state index contributed by atoms with van der Waals surface area (Å²) in [6, 6.07) is 11.0. The summed E-state index contributed by atoms with van der Waals surface area (Å²) in [6.07, 6.45) is 1.42. The van der Waals surface area contributed by atoms with E-state index in [4.69, 9.17) is 0 Å². The topological polar surface area (TPSA) is 74.8 Å². The molecule has 0 unspecified atom stereocenters. The molecular weight excluding hydrogens is 262 g/mol. The Labute approximate surface area is 114 Å². The van der Waals surface area contributed by atoms with Crippen LogP contribution in [0.15, 0.2) is 52.5 Å². The molecule has 0 saturated heterocycles. The number of hydrogen-bond acceptors (Lipinski definition) is 4. The molecule has 5 nitrogen and oxygen atoms in total. The molecule has 1 aromatic heterocycles. The quantitative estimate of drug-likeness (QED) is 0.634. The van der Waals surface area contributed by atoms with Crippen LogP contribution in [0.2, 0.25) is 0 Å². The molecule has 2 rings (SSSR count). The predicted molar refractivity (Wildman–Crippen MR) is 73.9 cm³/mol. The second-order valence-corrected chi connectivity index (χ2v) is 4.75. The lowest BCUT2D eigenvalue weighted by atomic mass is 10.2. The molecule has 1 amide bonds. The minimum atomic E-state index is -0.220. The third kappa shape index (κ3) is 4.59. The average Bonchev–Trinajstić information content (AvgIpc) is 2.44. The fourth-order valence-corrected chi connectivity index (χ4v) is 2.08. The van der Waals surface area contributed by atoms with Gasteiger partial charge in [-0.15, -0.1) is 0 Å². The lowest BCUT2D eigenvalue weighted by Gasteiger charge is -2.04. The van der Waals surface area contributed by atoms with Crippen LogP contribution < -0.4 is 10.9 Å². The van der Waals surface area contributed by atoms with Crippen molar-refractivity contribution < 1.29 is 4.79 Å². The van der Waals surface area contributed by atoms with Crippen LogP contribution >= 0.6 is 11.8 Å². The molecule has 19 heavy (non-hydrogen) atoms. The van der Waals surface area contributed by atoms with Crippen LogP contribution in [0, 0.1) is 0 Å². The van der Waals surface area contributed by atoms with Gasteiger partial charge in [0.25, 0.3) is 5.56 Å². The van der Waals surface area contributed by atoms with E-state index in [0.29, 0.717) is 11.7 Å². The number of hydrogen-bond donors (Lipinski definition) is 2. The van der Waals surface area contributed by atoms with Crippen molar-refractivity contribution in [2.75, 3.05) is 5.75 Å². The standard InChI is InChI=1S/C13H13N3O2S/c17-11-6-7-14-13(16-11)19-9-12(18)15-8-10-4-2-1-3-5-10/h1-7H,8-9H2,(H,15,18)(H,14,16,17). The smallest absolute Gasteiger partial charge is 0.251 e. The largest absolute Gasteiger partial charge is 0.351 e. The maximum Gasteiger partial charge on any atom is 0.251 e. The summed E-state index contributed by atoms with van der Waals surface area (Å²) >= 11 is 1.20. The van der Waals surface area contributed by atoms with Crippen molar-refractivity contribution in [2.45, 2.75) is 11.7 Å². The van der Waals surface area contributed by atoms with Crippen LogP contribution in [0.4, 0.5) is 0 Å². The average molecular weight is 275 g/mol. The van der Waals surface area contributed by atoms with Crippen LogP contribution in [-0.2, 0) is 11.3 Å². The minimum absolute atomic E-state index is 0.0969. The second kappa shape index (κ2) is 6.75. The summed E-state index contributed by atoms with van der Waals surface area (Å²) in [5, 5.41) is 3.25. The SMILES string of the molecule is O=C(CSc1nccc(=O)[nH]1)NCc1ccccc1. The lowest BCUT2D eigenvalue weighted by Crippen LogP contribution is -2.24. The first-order chi connectivity index (χ1) is 9.24. The highest BCUT2D eigenvalue weighted by Gasteiger charge is 2.04. The van der Waals surface area contributed by atoms with Gasteiger partial charge in [0.2, 0.25) is 5.91 Å². The Kier molecular flexibility index (Phi) is 4.74. The van der Waals surface area contributed by atoms with Crippen molar-refractivity contribution in [2.24, 2.45) is 0 Å². The first-order valence-corrected chi connectivity index (χ1v) is 6.71. The third-order valence-corrected chi connectivity index (χ3v) is 3.21. The Morgan fingerprint density at radius 3 is 2.79 bits per heavy atom. The molecule has 2 N–H and O–H groups in total. The van der Waals surface area contributed by atoms with Gasteiger partial charge < -0.3 is 10.3 Å². The molecule has 0 bridgehead atoms. The number of aromatic nitrogens is 2. The monoisotopic (exact) mass is 275 g/mol. The molecule has 0 atom stereocenters. The van der Waals surface area contributed by atoms with E-state index in [-0.39, 0.29) is 17.2 Å². The highest BCUT2D eigenvalue weighted by atomic mass is 32.2. The summed E-state index contributed by atoms with van der Waals surface area (Å²) in [6.45, 7) is 0.499. The zero-order chi connectivity index (χ0) is 13.5. The predicted octanol–water partition coefficient (Wildman–Crippen LogP) is 1.18. The summed E-state index contributed by atoms with van der Waals surface area (Å²) in [5.74, 6) is 0.125. The highest BCUT2D eigenvalue weighted by molar-refractivity contribution is 7.99. The third-order valence-electron chi connectivity index (χ3n) is 2.32. The van der Waals surface area contributed by atoms with Gasteiger partial charge in [0.05, 0.1) is 5.75 Å². The minimum Gasteiger partial charge on any atom is -0.351 e. The zero-order valence-corrected chi connectivity index (χ0v) is 10.9. The fraction of sp³-hybridized carbons (Fsp3) is 0.154. The van der Waals surface area contributed by atoms with Crippen molar-refractivity contribution >= 4 is 17.7 Å². The van der Waals surface area contributed by atoms with Crippen molar-refractivity contribution in [3.8, 4) is 0 Å². The number of H-pyrrole nitrogens is 1. The number of benzene rings is 1. The van der Waals surface area contributed by atoms with Crippen molar-refractivity contribution in [1.82, 2.24) is 15.3 Å². The van der Waals surface area contributed by atoms with E-state index in [0.717, 1.165) is 5.56 Å². The van der Waals surface area contributed by atoms with E-state index in [1.165, 1.54) is 24.0 Å². The van der Waals surface area contributed by atoms with E-state index in [1.807, 2.05) is 30.3 Å². The van der Waals surface area contributed by atoms with Gasteiger partial charge in [-0.05, 0) is 5.56 Å². The fourth-order valence-electron chi connectivity index (χ4n) is 1.41. The van der Waals surface area contributed by atoms with Gasteiger partial charge in [-0.3, -0.25) is 9.59 Å². The van der Waals surface area contributed by atoms with E-state index >= 15 is 0 Å². The molecule has 0 aliphatic carbocycles. The Bertz CT molecular complexity index is 598. The molecule has 0 radical (unpaired) electrons. The summed E-state index contributed by atoms with van der Waals surface area (Å²) in [4.78, 5) is 29.2. The maximum absolute atomic E-state index is 11.6. The summed E-state index contributed by atoms with van der Waals surface area (Å²) in [5.41, 5.74) is 0.828. The van der Waals surface area contributed by atoms with Crippen LogP contribution in [-0.4, -0.2) is 21.6 Å². The van der Waals surface area contributed by atoms with E-state index in [2.05, 4.69) is 15.3 Å². The molecule has 0 spiro atoms. The zero-order valence-electron chi connectivity index (χ0n) is 10.1. The van der Waals surface area contributed by atoms with E-state index < -0.39 is 0 Å². The molecule has 0 aliphatic rings. The first kappa shape index (κ1) is 13.4. The van der Waals surface area contributed by atoms with Gasteiger partial charge in [-0.2, -0.15) is 0 Å². The van der Waals surface area contributed by atoms with Gasteiger partial charge >= 0.3 is 0 Å². The van der Waals surface area contributed by atoms with Crippen molar-refractivity contribution in [1.29, 1.82) is 0 Å². The number of amides is 1. The number of nitrogens with one attached hydrogen (secondary N) is 2. The van der Waals surface area contributed by atoms with E-state index in [1.54, 1.807) is 0 Å². The molecule has 0 saturated carbocycles. The number of aromatic amines is 1. The summed E-state index contributed by atoms with van der Waals surface area (Å²) < 4.78 is 0. The van der Waals surface area contributed by atoms with Gasteiger partial charge in [0.1, 0.15) is 0 Å². The number of carbonyl (C=O) groups is 1. The number of rotatable bonds is 5. The van der Waals surface area contributed by atoms with Gasteiger partial charge in [-0.25, -0.2) is 4.98 Å². The van der Waals surface area contributed by atoms with Crippen LogP contribution in [0.3, 0.4) is 0 Å². The van der Waals surface area contributed by atoms with Crippen LogP contribution in [0.5, 0.6) is 0 Å². The molecular formula is C13H13N3O2S. The van der Waals surface area contributed by atoms with Crippen LogP contribution in [0.1, 0.15) is 5.56 Å². The second-order valence-electron chi connectivity index (χ2n) is 3.79. The molecule has 0 fully saturated rings. The normalized spacial score (nSPS) is 10.1. The highest BCUT2D eigenvalue weighted by Crippen LogP contribution is 2.09. The maximum atomic E-state index is 11.6. The van der Waals surface area contributed by atoms with Gasteiger partial charge in [-0.1, -0.05) is 42.1 Å². The Balaban J connectivity index is 1.77. The number of nitrogens with zero attached hydrogens (tertiary/aromatic N) is 1. The Morgan fingerprint density at radius 1 is 1.26 bits per heavy atom. The molecule has 6 heteroatoms. The molecule has 98 valence electrons. The van der Waals surface area contributed by atoms with E-state index in [9.17, 15) is 9.59 Å². The molecule has 2 aromatic rings. The molecule has 1 heterocycles. The van der Waals surface area contributed by atoms with Crippen LogP contribution in [0.25, 0.3) is 0 Å². The number of carbonyl (C=O) groups excluding carboxylic acids is 1. The Hall–Kier alpha value is -2.08. The van der Waals surface area contributed by atoms with Crippen molar-refractivity contribution in [3.05, 3.63) is 58.5 Å². The molecule has 0 aliphatic heterocycles. The van der Waals surface area contributed by atoms with Gasteiger partial charge in [0, 0.05) is 18.8 Å².